The molecule has 1 atom stereocenters. The quantitative estimate of drug-likeness (QED) is 0.262. The highest BCUT2D eigenvalue weighted by molar-refractivity contribution is 7.85. The Morgan fingerprint density at radius 2 is 1.35 bits per heavy atom. The highest BCUT2D eigenvalue weighted by Gasteiger charge is 2.62. The highest BCUT2D eigenvalue weighted by atomic mass is 32.1. The minimum Gasteiger partial charge on any atom is -0.373 e. The molecule has 0 amide bonds. The molecule has 6 heteroatoms. The molecule has 23 heavy (non-hydrogen) atoms. The Hall–Kier alpha value is 0.117. The fraction of sp³-hybridized carbons (Fsp3) is 0.941. The van der Waals surface area contributed by atoms with Gasteiger partial charge in [0.05, 0.1) is 0 Å². The summed E-state index contributed by atoms with van der Waals surface area (Å²) in [5.74, 6) is 0.0989. The van der Waals surface area contributed by atoms with Crippen molar-refractivity contribution in [2.75, 3.05) is 19.8 Å². The van der Waals surface area contributed by atoms with Gasteiger partial charge in [0, 0.05) is 26.2 Å². The van der Waals surface area contributed by atoms with Gasteiger partial charge in [0.15, 0.2) is 5.78 Å². The SMILES string of the molecule is CCCCCCCC(=O)C(S)(CC)[Si](OCC)(OCC)OCC. The molecule has 0 heterocycles. The van der Waals surface area contributed by atoms with Crippen LogP contribution in [-0.2, 0) is 18.1 Å². The van der Waals surface area contributed by atoms with E-state index in [9.17, 15) is 4.79 Å². The van der Waals surface area contributed by atoms with Crippen LogP contribution in [0.2, 0.25) is 0 Å². The normalized spacial score (nSPS) is 14.7. The van der Waals surface area contributed by atoms with Crippen LogP contribution in [0.15, 0.2) is 0 Å². The lowest BCUT2D eigenvalue weighted by Gasteiger charge is -2.40. The molecule has 138 valence electrons. The average molecular weight is 365 g/mol. The number of hydrogen-bond donors (Lipinski definition) is 1. The molecule has 0 bridgehead atoms. The van der Waals surface area contributed by atoms with Crippen molar-refractivity contribution >= 4 is 27.2 Å². The summed E-state index contributed by atoms with van der Waals surface area (Å²) in [7, 11) is -3.17. The summed E-state index contributed by atoms with van der Waals surface area (Å²) in [6.07, 6.45) is 6.66. The van der Waals surface area contributed by atoms with E-state index in [-0.39, 0.29) is 5.78 Å². The smallest absolute Gasteiger partial charge is 0.373 e. The number of hydrogen-bond acceptors (Lipinski definition) is 5. The fourth-order valence-electron chi connectivity index (χ4n) is 2.73. The van der Waals surface area contributed by atoms with Gasteiger partial charge < -0.3 is 13.3 Å². The van der Waals surface area contributed by atoms with Crippen molar-refractivity contribution in [1.82, 2.24) is 0 Å². The molecule has 0 aromatic carbocycles. The van der Waals surface area contributed by atoms with Gasteiger partial charge in [-0.05, 0) is 33.6 Å². The third-order valence-corrected chi connectivity index (χ3v) is 9.03. The van der Waals surface area contributed by atoms with Crippen molar-refractivity contribution in [3.8, 4) is 0 Å². The van der Waals surface area contributed by atoms with Gasteiger partial charge in [-0.3, -0.25) is 4.79 Å². The van der Waals surface area contributed by atoms with Gasteiger partial charge in [-0.1, -0.05) is 39.5 Å². The molecule has 0 saturated carbocycles. The number of thiol groups is 1. The number of Topliss-reactive ketones (excluding diaryl/α,β-unsaturated/α-hetero) is 1. The maximum Gasteiger partial charge on any atom is 0.525 e. The monoisotopic (exact) mass is 364 g/mol. The second-order valence-corrected chi connectivity index (χ2v) is 9.67. The Labute approximate surface area is 149 Å². The summed E-state index contributed by atoms with van der Waals surface area (Å²) >= 11 is 4.78. The fourth-order valence-corrected chi connectivity index (χ4v) is 6.43. The molecule has 0 aliphatic heterocycles. The third-order valence-electron chi connectivity index (χ3n) is 3.99. The highest BCUT2D eigenvalue weighted by Crippen LogP contribution is 2.36. The first kappa shape index (κ1) is 23.1. The van der Waals surface area contributed by atoms with Crippen LogP contribution in [0.3, 0.4) is 0 Å². The number of unbranched alkanes of at least 4 members (excludes halogenated alkanes) is 4. The van der Waals surface area contributed by atoms with E-state index >= 15 is 0 Å². The van der Waals surface area contributed by atoms with Crippen LogP contribution in [-0.4, -0.2) is 38.8 Å². The molecule has 0 N–H and O–H groups in total. The molecular formula is C17H36O4SSi. The van der Waals surface area contributed by atoms with Crippen molar-refractivity contribution < 1.29 is 18.1 Å². The van der Waals surface area contributed by atoms with Crippen molar-refractivity contribution in [2.24, 2.45) is 0 Å². The average Bonchev–Trinajstić information content (AvgIpc) is 2.54. The Morgan fingerprint density at radius 3 is 1.74 bits per heavy atom. The Balaban J connectivity index is 5.10. The second kappa shape index (κ2) is 12.5. The van der Waals surface area contributed by atoms with Crippen molar-refractivity contribution in [1.29, 1.82) is 0 Å². The Morgan fingerprint density at radius 1 is 0.870 bits per heavy atom. The van der Waals surface area contributed by atoms with Gasteiger partial charge >= 0.3 is 8.80 Å². The molecule has 0 aliphatic rings. The van der Waals surface area contributed by atoms with Gasteiger partial charge in [-0.25, -0.2) is 0 Å². The predicted octanol–water partition coefficient (Wildman–Crippen LogP) is 4.58. The van der Waals surface area contributed by atoms with Crippen LogP contribution >= 0.6 is 12.6 Å². The van der Waals surface area contributed by atoms with Gasteiger partial charge in [0.1, 0.15) is 4.37 Å². The van der Waals surface area contributed by atoms with Crippen LogP contribution in [0.1, 0.15) is 79.6 Å². The molecular weight excluding hydrogens is 328 g/mol. The van der Waals surface area contributed by atoms with E-state index in [0.717, 1.165) is 12.8 Å². The molecule has 1 unspecified atom stereocenters. The van der Waals surface area contributed by atoms with Crippen LogP contribution in [0.4, 0.5) is 0 Å². The Bertz CT molecular complexity index is 311. The van der Waals surface area contributed by atoms with Crippen LogP contribution in [0, 0.1) is 0 Å². The Kier molecular flexibility index (Phi) is 12.5. The first-order valence-corrected chi connectivity index (χ1v) is 11.3. The van der Waals surface area contributed by atoms with Gasteiger partial charge in [0.2, 0.25) is 0 Å². The summed E-state index contributed by atoms with van der Waals surface area (Å²) in [6.45, 7) is 11.2. The van der Waals surface area contributed by atoms with Gasteiger partial charge in [0.25, 0.3) is 0 Å². The molecule has 4 nitrogen and oxygen atoms in total. The largest absolute Gasteiger partial charge is 0.525 e. The van der Waals surface area contributed by atoms with Crippen molar-refractivity contribution in [3.63, 3.8) is 0 Å². The van der Waals surface area contributed by atoms with E-state index in [1.54, 1.807) is 0 Å². The molecule has 0 aromatic heterocycles. The van der Waals surface area contributed by atoms with E-state index in [2.05, 4.69) is 6.92 Å². The molecule has 0 aromatic rings. The zero-order valence-electron chi connectivity index (χ0n) is 15.7. The maximum atomic E-state index is 12.9. The van der Waals surface area contributed by atoms with Crippen LogP contribution in [0.25, 0.3) is 0 Å². The first-order valence-electron chi connectivity index (χ1n) is 9.15. The molecule has 0 spiro atoms. The predicted molar refractivity (Wildman–Crippen MR) is 101 cm³/mol. The summed E-state index contributed by atoms with van der Waals surface area (Å²) < 4.78 is 16.8. The number of rotatable bonds is 15. The van der Waals surface area contributed by atoms with E-state index in [1.807, 2.05) is 27.7 Å². The minimum atomic E-state index is -3.17. The molecule has 0 rings (SSSR count). The number of carbonyl (C=O) groups excluding carboxylic acids is 1. The van der Waals surface area contributed by atoms with E-state index in [4.69, 9.17) is 25.9 Å². The number of carbonyl (C=O) groups is 1. The topological polar surface area (TPSA) is 44.8 Å². The van der Waals surface area contributed by atoms with E-state index < -0.39 is 13.2 Å². The minimum absolute atomic E-state index is 0.0989. The zero-order valence-corrected chi connectivity index (χ0v) is 17.5. The summed E-state index contributed by atoms with van der Waals surface area (Å²) in [5.41, 5.74) is 0. The maximum absolute atomic E-state index is 12.9. The van der Waals surface area contributed by atoms with Crippen LogP contribution in [0.5, 0.6) is 0 Å². The zero-order chi connectivity index (χ0) is 17.8. The van der Waals surface area contributed by atoms with E-state index in [0.29, 0.717) is 32.7 Å². The summed E-state index contributed by atoms with van der Waals surface area (Å²) in [4.78, 5) is 12.9. The molecule has 0 saturated heterocycles. The molecule has 0 aliphatic carbocycles. The lowest BCUT2D eigenvalue weighted by Crippen LogP contribution is -2.65. The molecule has 0 fully saturated rings. The standard InChI is InChI=1S/C17H36O4SSi/c1-6-11-12-13-14-15-16(18)17(22,7-2)23(19-8-3,20-9-4)21-10-5/h22H,6-15H2,1-5H3. The molecule has 0 radical (unpaired) electrons. The van der Waals surface area contributed by atoms with Crippen molar-refractivity contribution in [3.05, 3.63) is 0 Å². The van der Waals surface area contributed by atoms with Crippen LogP contribution < -0.4 is 0 Å². The second-order valence-electron chi connectivity index (χ2n) is 5.66. The summed E-state index contributed by atoms with van der Waals surface area (Å²) in [5, 5.41) is 0. The lowest BCUT2D eigenvalue weighted by molar-refractivity contribution is -0.121. The first-order chi connectivity index (χ1) is 11.0. The van der Waals surface area contributed by atoms with Gasteiger partial charge in [-0.15, -0.1) is 0 Å². The van der Waals surface area contributed by atoms with Gasteiger partial charge in [-0.2, -0.15) is 12.6 Å². The lowest BCUT2D eigenvalue weighted by atomic mass is 10.1. The third kappa shape index (κ3) is 6.50. The number of ketones is 1. The van der Waals surface area contributed by atoms with Crippen molar-refractivity contribution in [2.45, 2.75) is 83.9 Å². The van der Waals surface area contributed by atoms with E-state index in [1.165, 1.54) is 19.3 Å². The summed E-state index contributed by atoms with van der Waals surface area (Å²) in [6, 6.07) is 0.